The lowest BCUT2D eigenvalue weighted by Crippen LogP contribution is -2.22. The highest BCUT2D eigenvalue weighted by molar-refractivity contribution is 7.10. The first-order valence-corrected chi connectivity index (χ1v) is 5.14. The number of ether oxygens (including phenoxy) is 1. The Morgan fingerprint density at radius 3 is 2.71 bits per heavy atom. The summed E-state index contributed by atoms with van der Waals surface area (Å²) in [5, 5.41) is 1.92. The van der Waals surface area contributed by atoms with Crippen molar-refractivity contribution in [3.05, 3.63) is 22.4 Å². The van der Waals surface area contributed by atoms with Crippen LogP contribution in [0.3, 0.4) is 0 Å². The largest absolute Gasteiger partial charge is 0.450 e. The van der Waals surface area contributed by atoms with Crippen LogP contribution in [0.2, 0.25) is 0 Å². The van der Waals surface area contributed by atoms with Crippen molar-refractivity contribution in [2.45, 2.75) is 26.4 Å². The lowest BCUT2D eigenvalue weighted by Gasteiger charge is -2.16. The quantitative estimate of drug-likeness (QED) is 0.483. The summed E-state index contributed by atoms with van der Waals surface area (Å²) in [5.74, 6) is 4.70. The van der Waals surface area contributed by atoms with Gasteiger partial charge in [0.05, 0.1) is 4.88 Å². The van der Waals surface area contributed by atoms with E-state index >= 15 is 0 Å². The van der Waals surface area contributed by atoms with Gasteiger partial charge in [-0.05, 0) is 38.1 Å². The summed E-state index contributed by atoms with van der Waals surface area (Å²) in [6, 6.07) is 3.76. The molecule has 1 rings (SSSR count). The Kier molecular flexibility index (Phi) is 3.32. The molecule has 2 nitrogen and oxygen atoms in total. The Balaban J connectivity index is 2.57. The van der Waals surface area contributed by atoms with Crippen LogP contribution in [0.4, 0.5) is 0 Å². The molecule has 0 saturated carbocycles. The number of hydrogen-bond donors (Lipinski definition) is 0. The van der Waals surface area contributed by atoms with Crippen LogP contribution >= 0.6 is 11.3 Å². The van der Waals surface area contributed by atoms with Crippen molar-refractivity contribution in [2.75, 3.05) is 0 Å². The third-order valence-corrected chi connectivity index (χ3v) is 1.99. The standard InChI is InChI=1S/C11H12O2S/c1-11(2,3)13-10(12)7-6-9-5-4-8-14-9/h4-5,8H,1-3H3. The fraction of sp³-hybridized carbons (Fsp3) is 0.364. The molecular formula is C11H12O2S. The number of thiophene rings is 1. The van der Waals surface area contributed by atoms with Gasteiger partial charge in [0.1, 0.15) is 5.60 Å². The minimum absolute atomic E-state index is 0.471. The van der Waals surface area contributed by atoms with E-state index in [4.69, 9.17) is 4.74 Å². The Bertz CT molecular complexity index is 360. The molecule has 1 aromatic rings. The Labute approximate surface area is 87.9 Å². The van der Waals surface area contributed by atoms with E-state index in [9.17, 15) is 4.79 Å². The molecule has 0 radical (unpaired) electrons. The maximum Gasteiger partial charge on any atom is 0.385 e. The normalized spacial score (nSPS) is 10.2. The lowest BCUT2D eigenvalue weighted by molar-refractivity contribution is -0.147. The summed E-state index contributed by atoms with van der Waals surface area (Å²) in [6.07, 6.45) is 0. The Hall–Kier alpha value is -1.27. The van der Waals surface area contributed by atoms with Crippen LogP contribution in [0, 0.1) is 11.8 Å². The predicted octanol–water partition coefficient (Wildman–Crippen LogP) is 2.44. The summed E-state index contributed by atoms with van der Waals surface area (Å²) < 4.78 is 5.03. The van der Waals surface area contributed by atoms with Crippen molar-refractivity contribution >= 4 is 17.3 Å². The molecule has 0 aromatic carbocycles. The molecule has 14 heavy (non-hydrogen) atoms. The fourth-order valence-electron chi connectivity index (χ4n) is 0.766. The van der Waals surface area contributed by atoms with Gasteiger partial charge in [-0.2, -0.15) is 0 Å². The van der Waals surface area contributed by atoms with E-state index in [0.717, 1.165) is 4.88 Å². The van der Waals surface area contributed by atoms with Crippen molar-refractivity contribution in [2.24, 2.45) is 0 Å². The molecule has 0 unspecified atom stereocenters. The zero-order valence-electron chi connectivity index (χ0n) is 8.46. The molecule has 0 amide bonds. The number of carbonyl (C=O) groups is 1. The summed E-state index contributed by atoms with van der Waals surface area (Å²) in [6.45, 7) is 5.45. The number of rotatable bonds is 0. The Morgan fingerprint density at radius 1 is 1.50 bits per heavy atom. The number of esters is 1. The second-order valence-electron chi connectivity index (χ2n) is 3.73. The molecule has 74 valence electrons. The van der Waals surface area contributed by atoms with E-state index in [-0.39, 0.29) is 0 Å². The van der Waals surface area contributed by atoms with Crippen molar-refractivity contribution in [3.8, 4) is 11.8 Å². The van der Waals surface area contributed by atoms with Crippen LogP contribution in [0.1, 0.15) is 25.6 Å². The highest BCUT2D eigenvalue weighted by Gasteiger charge is 2.14. The fourth-order valence-corrected chi connectivity index (χ4v) is 1.34. The maximum absolute atomic E-state index is 11.2. The van der Waals surface area contributed by atoms with Gasteiger partial charge in [-0.15, -0.1) is 11.3 Å². The van der Waals surface area contributed by atoms with Crippen molar-refractivity contribution < 1.29 is 9.53 Å². The van der Waals surface area contributed by atoms with Crippen LogP contribution < -0.4 is 0 Å². The van der Waals surface area contributed by atoms with Gasteiger partial charge in [0.15, 0.2) is 0 Å². The number of hydrogen-bond acceptors (Lipinski definition) is 3. The molecule has 0 aliphatic carbocycles. The zero-order chi connectivity index (χ0) is 10.6. The average molecular weight is 208 g/mol. The average Bonchev–Trinajstić information content (AvgIpc) is 2.49. The van der Waals surface area contributed by atoms with Crippen molar-refractivity contribution in [1.29, 1.82) is 0 Å². The van der Waals surface area contributed by atoms with Crippen LogP contribution in [-0.2, 0) is 9.53 Å². The maximum atomic E-state index is 11.2. The lowest BCUT2D eigenvalue weighted by atomic mass is 10.2. The summed E-state index contributed by atoms with van der Waals surface area (Å²) >= 11 is 1.50. The minimum Gasteiger partial charge on any atom is -0.450 e. The second kappa shape index (κ2) is 4.30. The monoisotopic (exact) mass is 208 g/mol. The third kappa shape index (κ3) is 4.11. The van der Waals surface area contributed by atoms with E-state index in [0.29, 0.717) is 0 Å². The van der Waals surface area contributed by atoms with Gasteiger partial charge < -0.3 is 4.74 Å². The Morgan fingerprint density at radius 2 is 2.21 bits per heavy atom. The molecule has 1 aromatic heterocycles. The van der Waals surface area contributed by atoms with Gasteiger partial charge in [0.25, 0.3) is 0 Å². The van der Waals surface area contributed by atoms with Gasteiger partial charge in [0.2, 0.25) is 0 Å². The first-order chi connectivity index (χ1) is 6.47. The summed E-state index contributed by atoms with van der Waals surface area (Å²) in [4.78, 5) is 12.0. The summed E-state index contributed by atoms with van der Waals surface area (Å²) in [7, 11) is 0. The van der Waals surface area contributed by atoms with Crippen molar-refractivity contribution in [1.82, 2.24) is 0 Å². The number of carbonyl (C=O) groups excluding carboxylic acids is 1. The smallest absolute Gasteiger partial charge is 0.385 e. The van der Waals surface area contributed by atoms with Gasteiger partial charge in [-0.3, -0.25) is 0 Å². The van der Waals surface area contributed by atoms with E-state index in [1.54, 1.807) is 0 Å². The molecule has 0 saturated heterocycles. The first kappa shape index (κ1) is 10.8. The molecular weight excluding hydrogens is 196 g/mol. The van der Waals surface area contributed by atoms with Gasteiger partial charge in [0, 0.05) is 5.92 Å². The molecule has 1 heterocycles. The molecule has 0 spiro atoms. The minimum atomic E-state index is -0.481. The first-order valence-electron chi connectivity index (χ1n) is 4.26. The highest BCUT2D eigenvalue weighted by atomic mass is 32.1. The third-order valence-electron chi connectivity index (χ3n) is 1.21. The van der Waals surface area contributed by atoms with Crippen molar-refractivity contribution in [3.63, 3.8) is 0 Å². The summed E-state index contributed by atoms with van der Waals surface area (Å²) in [5.41, 5.74) is -0.471. The van der Waals surface area contributed by atoms with E-state index < -0.39 is 11.6 Å². The molecule has 0 aliphatic heterocycles. The van der Waals surface area contributed by atoms with E-state index in [1.165, 1.54) is 11.3 Å². The SMILES string of the molecule is CC(C)(C)OC(=O)C#Cc1cccs1. The molecule has 0 aliphatic rings. The van der Waals surface area contributed by atoms with Gasteiger partial charge >= 0.3 is 5.97 Å². The molecule has 0 bridgehead atoms. The van der Waals surface area contributed by atoms with Crippen LogP contribution in [-0.4, -0.2) is 11.6 Å². The van der Waals surface area contributed by atoms with Crippen LogP contribution in [0.5, 0.6) is 0 Å². The highest BCUT2D eigenvalue weighted by Crippen LogP contribution is 2.07. The molecule has 3 heteroatoms. The molecule has 0 atom stereocenters. The van der Waals surface area contributed by atoms with Crippen LogP contribution in [0.25, 0.3) is 0 Å². The molecule has 0 N–H and O–H groups in total. The topological polar surface area (TPSA) is 26.3 Å². The van der Waals surface area contributed by atoms with Gasteiger partial charge in [-0.1, -0.05) is 6.07 Å². The second-order valence-corrected chi connectivity index (χ2v) is 4.68. The van der Waals surface area contributed by atoms with E-state index in [1.807, 2.05) is 38.3 Å². The van der Waals surface area contributed by atoms with E-state index in [2.05, 4.69) is 11.8 Å². The zero-order valence-corrected chi connectivity index (χ0v) is 9.27. The predicted molar refractivity (Wildman–Crippen MR) is 57.0 cm³/mol. The van der Waals surface area contributed by atoms with Gasteiger partial charge in [-0.25, -0.2) is 4.79 Å². The van der Waals surface area contributed by atoms with Crippen LogP contribution in [0.15, 0.2) is 17.5 Å². The molecule has 0 fully saturated rings.